The summed E-state index contributed by atoms with van der Waals surface area (Å²) >= 11 is 0. The van der Waals surface area contributed by atoms with E-state index in [9.17, 15) is 14.4 Å². The van der Waals surface area contributed by atoms with E-state index in [2.05, 4.69) is 30.1 Å². The summed E-state index contributed by atoms with van der Waals surface area (Å²) < 4.78 is 0. The van der Waals surface area contributed by atoms with Crippen LogP contribution in [0.1, 0.15) is 46.1 Å². The fourth-order valence-corrected chi connectivity index (χ4v) is 4.79. The second-order valence-electron chi connectivity index (χ2n) is 8.75. The maximum Gasteiger partial charge on any atom is 0.253 e. The second kappa shape index (κ2) is 8.37. The third-order valence-corrected chi connectivity index (χ3v) is 6.92. The fourth-order valence-electron chi connectivity index (χ4n) is 4.79. The van der Waals surface area contributed by atoms with Crippen LogP contribution in [0, 0.1) is 20.8 Å². The second-order valence-corrected chi connectivity index (χ2v) is 8.75. The quantitative estimate of drug-likeness (QED) is 0.747. The van der Waals surface area contributed by atoms with Gasteiger partial charge in [0.25, 0.3) is 5.91 Å². The molecule has 1 N–H and O–H groups in total. The third kappa shape index (κ3) is 3.55. The number of Topliss-reactive ketones (excluding diaryl/α,β-unsaturated/α-hetero) is 1. The molecule has 4 rings (SSSR count). The Bertz CT molecular complexity index is 1050. The monoisotopic (exact) mass is 434 g/mol. The maximum atomic E-state index is 13.1. The van der Waals surface area contributed by atoms with Gasteiger partial charge in [-0.3, -0.25) is 14.4 Å². The fraction of sp³-hybridized carbons (Fsp3) is 0.440. The Balaban J connectivity index is 1.45. The van der Waals surface area contributed by atoms with Crippen LogP contribution in [-0.2, 0) is 15.0 Å². The molecule has 2 amide bonds. The molecule has 0 spiro atoms. The number of carbonyl (C=O) groups excluding carboxylic acids is 3. The van der Waals surface area contributed by atoms with Crippen LogP contribution in [0.15, 0.2) is 30.3 Å². The van der Waals surface area contributed by atoms with E-state index in [0.717, 1.165) is 30.2 Å². The SMILES string of the molecule is CCC1(c2ccc(C(=O)N3CCN(c4nc(C)c(C)cc4C)CC3)cc2)C(=O)CNC1=O. The summed E-state index contributed by atoms with van der Waals surface area (Å²) in [5.74, 6) is 0.591. The highest BCUT2D eigenvalue weighted by atomic mass is 16.2. The molecule has 3 heterocycles. The van der Waals surface area contributed by atoms with Gasteiger partial charge in [0.15, 0.2) is 5.78 Å². The van der Waals surface area contributed by atoms with Crippen molar-refractivity contribution in [3.05, 3.63) is 58.3 Å². The number of pyridine rings is 1. The smallest absolute Gasteiger partial charge is 0.253 e. The number of nitrogens with zero attached hydrogens (tertiary/aromatic N) is 3. The number of aryl methyl sites for hydroxylation is 3. The Labute approximate surface area is 188 Å². The van der Waals surface area contributed by atoms with Gasteiger partial charge in [-0.15, -0.1) is 0 Å². The highest BCUT2D eigenvalue weighted by Gasteiger charge is 2.49. The molecule has 168 valence electrons. The molecule has 0 bridgehead atoms. The summed E-state index contributed by atoms with van der Waals surface area (Å²) in [5, 5.41) is 2.65. The van der Waals surface area contributed by atoms with Crippen LogP contribution in [0.4, 0.5) is 5.82 Å². The molecule has 1 aromatic carbocycles. The minimum atomic E-state index is -1.13. The Kier molecular flexibility index (Phi) is 5.75. The zero-order valence-corrected chi connectivity index (χ0v) is 19.2. The number of ketones is 1. The van der Waals surface area contributed by atoms with Crippen molar-refractivity contribution < 1.29 is 14.4 Å². The molecule has 1 atom stereocenters. The van der Waals surface area contributed by atoms with Crippen LogP contribution in [0.5, 0.6) is 0 Å². The highest BCUT2D eigenvalue weighted by Crippen LogP contribution is 2.33. The number of hydrogen-bond donors (Lipinski definition) is 1. The van der Waals surface area contributed by atoms with Gasteiger partial charge in [0.2, 0.25) is 5.91 Å². The number of aromatic nitrogens is 1. The van der Waals surface area contributed by atoms with Crippen LogP contribution < -0.4 is 10.2 Å². The number of benzene rings is 1. The van der Waals surface area contributed by atoms with Crippen molar-refractivity contribution in [2.45, 2.75) is 39.5 Å². The molecule has 7 nitrogen and oxygen atoms in total. The Hall–Kier alpha value is -3.22. The van der Waals surface area contributed by atoms with E-state index in [4.69, 9.17) is 4.98 Å². The van der Waals surface area contributed by atoms with E-state index >= 15 is 0 Å². The van der Waals surface area contributed by atoms with Crippen LogP contribution in [0.2, 0.25) is 0 Å². The van der Waals surface area contributed by atoms with E-state index in [-0.39, 0.29) is 24.1 Å². The average molecular weight is 435 g/mol. The van der Waals surface area contributed by atoms with Gasteiger partial charge >= 0.3 is 0 Å². The number of carbonyl (C=O) groups is 3. The zero-order valence-electron chi connectivity index (χ0n) is 19.2. The number of rotatable bonds is 4. The molecule has 1 unspecified atom stereocenters. The van der Waals surface area contributed by atoms with Gasteiger partial charge in [0.05, 0.1) is 6.54 Å². The van der Waals surface area contributed by atoms with Crippen LogP contribution >= 0.6 is 0 Å². The topological polar surface area (TPSA) is 82.6 Å². The van der Waals surface area contributed by atoms with E-state index in [1.165, 1.54) is 5.56 Å². The Morgan fingerprint density at radius 2 is 1.69 bits per heavy atom. The Morgan fingerprint density at radius 3 is 2.25 bits per heavy atom. The van der Waals surface area contributed by atoms with E-state index in [1.807, 2.05) is 18.7 Å². The van der Waals surface area contributed by atoms with Gasteiger partial charge in [0, 0.05) is 37.4 Å². The first kappa shape index (κ1) is 22.0. The van der Waals surface area contributed by atoms with Gasteiger partial charge in [-0.25, -0.2) is 4.98 Å². The van der Waals surface area contributed by atoms with Crippen molar-refractivity contribution in [3.8, 4) is 0 Å². The summed E-state index contributed by atoms with van der Waals surface area (Å²) in [6, 6.07) is 9.12. The molecule has 7 heteroatoms. The van der Waals surface area contributed by atoms with E-state index < -0.39 is 5.41 Å². The van der Waals surface area contributed by atoms with Gasteiger partial charge in [0.1, 0.15) is 11.2 Å². The molecule has 1 aromatic heterocycles. The molecule has 0 aliphatic carbocycles. The zero-order chi connectivity index (χ0) is 23.0. The molecule has 2 aliphatic heterocycles. The number of amides is 2. The van der Waals surface area contributed by atoms with Crippen molar-refractivity contribution in [1.82, 2.24) is 15.2 Å². The number of anilines is 1. The van der Waals surface area contributed by atoms with Crippen LogP contribution in [-0.4, -0.2) is 60.2 Å². The van der Waals surface area contributed by atoms with Gasteiger partial charge in [-0.05, 0) is 56.0 Å². The van der Waals surface area contributed by atoms with Gasteiger partial charge < -0.3 is 15.1 Å². The molecule has 0 radical (unpaired) electrons. The lowest BCUT2D eigenvalue weighted by atomic mass is 9.75. The predicted octanol–water partition coefficient (Wildman–Crippen LogP) is 2.32. The molecule has 2 aromatic rings. The molecule has 32 heavy (non-hydrogen) atoms. The summed E-state index contributed by atoms with van der Waals surface area (Å²) in [6.45, 7) is 10.8. The van der Waals surface area contributed by atoms with Crippen molar-refractivity contribution in [3.63, 3.8) is 0 Å². The van der Waals surface area contributed by atoms with Crippen molar-refractivity contribution in [1.29, 1.82) is 0 Å². The molecule has 2 aliphatic rings. The molecule has 0 saturated carbocycles. The first-order valence-corrected chi connectivity index (χ1v) is 11.2. The number of piperazine rings is 1. The summed E-state index contributed by atoms with van der Waals surface area (Å²) in [7, 11) is 0. The van der Waals surface area contributed by atoms with Crippen LogP contribution in [0.25, 0.3) is 0 Å². The number of hydrogen-bond acceptors (Lipinski definition) is 5. The normalized spacial score (nSPS) is 21.1. The van der Waals surface area contributed by atoms with E-state index in [1.54, 1.807) is 24.3 Å². The Morgan fingerprint density at radius 1 is 1.03 bits per heavy atom. The van der Waals surface area contributed by atoms with Crippen molar-refractivity contribution >= 4 is 23.4 Å². The summed E-state index contributed by atoms with van der Waals surface area (Å²) in [6.07, 6.45) is 0.402. The minimum absolute atomic E-state index is 0.0336. The van der Waals surface area contributed by atoms with E-state index in [0.29, 0.717) is 30.6 Å². The lowest BCUT2D eigenvalue weighted by molar-refractivity contribution is -0.130. The van der Waals surface area contributed by atoms with Gasteiger partial charge in [-0.1, -0.05) is 25.1 Å². The van der Waals surface area contributed by atoms with Crippen molar-refractivity contribution in [2.75, 3.05) is 37.6 Å². The first-order valence-electron chi connectivity index (χ1n) is 11.2. The largest absolute Gasteiger partial charge is 0.353 e. The molecule has 2 saturated heterocycles. The molecular weight excluding hydrogens is 404 g/mol. The summed E-state index contributed by atoms with van der Waals surface area (Å²) in [5.41, 5.74) is 3.45. The first-order chi connectivity index (χ1) is 15.3. The third-order valence-electron chi connectivity index (χ3n) is 6.92. The molecule has 2 fully saturated rings. The predicted molar refractivity (Wildman–Crippen MR) is 123 cm³/mol. The maximum absolute atomic E-state index is 13.1. The standard InChI is InChI=1S/C25H30N4O3/c1-5-25(21(30)15-26-24(25)32)20-8-6-19(7-9-20)23(31)29-12-10-28(11-13-29)22-17(3)14-16(2)18(4)27-22/h6-9,14H,5,10-13,15H2,1-4H3,(H,26,32). The number of nitrogens with one attached hydrogen (secondary N) is 1. The summed E-state index contributed by atoms with van der Waals surface area (Å²) in [4.78, 5) is 46.8. The lowest BCUT2D eigenvalue weighted by Crippen LogP contribution is -2.49. The van der Waals surface area contributed by atoms with Crippen LogP contribution in [0.3, 0.4) is 0 Å². The average Bonchev–Trinajstić information content (AvgIpc) is 3.10. The minimum Gasteiger partial charge on any atom is -0.353 e. The molecular formula is C25H30N4O3. The van der Waals surface area contributed by atoms with Crippen molar-refractivity contribution in [2.24, 2.45) is 0 Å². The highest BCUT2D eigenvalue weighted by molar-refractivity contribution is 6.17. The van der Waals surface area contributed by atoms with Gasteiger partial charge in [-0.2, -0.15) is 0 Å². The lowest BCUT2D eigenvalue weighted by Gasteiger charge is -2.36.